The van der Waals surface area contributed by atoms with Gasteiger partial charge in [-0.15, -0.1) is 0 Å². The molecule has 4 heteroatoms. The molecule has 1 N–H and O–H groups in total. The van der Waals surface area contributed by atoms with Crippen molar-refractivity contribution in [1.29, 1.82) is 0 Å². The van der Waals surface area contributed by atoms with E-state index < -0.39 is 0 Å². The average molecular weight is 240 g/mol. The van der Waals surface area contributed by atoms with E-state index in [-0.39, 0.29) is 6.10 Å². The summed E-state index contributed by atoms with van der Waals surface area (Å²) in [6.07, 6.45) is 5.23. The zero-order chi connectivity index (χ0) is 12.1. The molecule has 0 spiro atoms. The monoisotopic (exact) mass is 240 g/mol. The highest BCUT2D eigenvalue weighted by Gasteiger charge is 2.26. The predicted molar refractivity (Wildman–Crippen MR) is 66.8 cm³/mol. The summed E-state index contributed by atoms with van der Waals surface area (Å²) in [6, 6.07) is 0. The molecule has 0 radical (unpaired) electrons. The minimum absolute atomic E-state index is 0.192. The number of carbonyl (C=O) groups is 1. The SMILES string of the molecule is CNCC1CCN(C(=O)CC2CCCO2)CC1. The van der Waals surface area contributed by atoms with E-state index in [2.05, 4.69) is 5.32 Å². The van der Waals surface area contributed by atoms with Crippen LogP contribution in [0.1, 0.15) is 32.1 Å². The van der Waals surface area contributed by atoms with Gasteiger partial charge in [-0.2, -0.15) is 0 Å². The van der Waals surface area contributed by atoms with Gasteiger partial charge in [0.15, 0.2) is 0 Å². The lowest BCUT2D eigenvalue weighted by Crippen LogP contribution is -2.41. The highest BCUT2D eigenvalue weighted by atomic mass is 16.5. The number of ether oxygens (including phenoxy) is 1. The van der Waals surface area contributed by atoms with Gasteiger partial charge < -0.3 is 15.0 Å². The quantitative estimate of drug-likeness (QED) is 0.797. The van der Waals surface area contributed by atoms with Gasteiger partial charge in [-0.1, -0.05) is 0 Å². The standard InChI is InChI=1S/C13H24N2O2/c1-14-10-11-4-6-15(7-5-11)13(16)9-12-3-2-8-17-12/h11-12,14H,2-10H2,1H3. The van der Waals surface area contributed by atoms with Gasteiger partial charge in [0.25, 0.3) is 0 Å². The Morgan fingerprint density at radius 3 is 2.71 bits per heavy atom. The second kappa shape index (κ2) is 6.36. The molecule has 0 aliphatic carbocycles. The zero-order valence-electron chi connectivity index (χ0n) is 10.8. The molecule has 2 aliphatic heterocycles. The van der Waals surface area contributed by atoms with E-state index in [1.54, 1.807) is 0 Å². The van der Waals surface area contributed by atoms with E-state index in [4.69, 9.17) is 4.74 Å². The molecule has 4 nitrogen and oxygen atoms in total. The van der Waals surface area contributed by atoms with Crippen molar-refractivity contribution in [3.8, 4) is 0 Å². The average Bonchev–Trinajstić information content (AvgIpc) is 2.83. The number of hydrogen-bond acceptors (Lipinski definition) is 3. The Kier molecular flexibility index (Phi) is 4.80. The van der Waals surface area contributed by atoms with Crippen molar-refractivity contribution in [3.63, 3.8) is 0 Å². The Labute approximate surface area is 104 Å². The fourth-order valence-electron chi connectivity index (χ4n) is 2.80. The molecule has 2 aliphatic rings. The van der Waals surface area contributed by atoms with E-state index in [1.807, 2.05) is 11.9 Å². The third kappa shape index (κ3) is 3.68. The van der Waals surface area contributed by atoms with Crippen LogP contribution in [0.4, 0.5) is 0 Å². The van der Waals surface area contributed by atoms with Gasteiger partial charge in [-0.3, -0.25) is 4.79 Å². The van der Waals surface area contributed by atoms with Crippen LogP contribution in [-0.4, -0.2) is 50.2 Å². The molecule has 0 bridgehead atoms. The molecule has 0 aromatic heterocycles. The summed E-state index contributed by atoms with van der Waals surface area (Å²) in [4.78, 5) is 14.1. The summed E-state index contributed by atoms with van der Waals surface area (Å²) in [5.74, 6) is 1.03. The molecule has 1 amide bonds. The molecule has 0 aromatic carbocycles. The van der Waals surface area contributed by atoms with Gasteiger partial charge in [0.2, 0.25) is 5.91 Å². The van der Waals surface area contributed by atoms with Crippen LogP contribution in [0.2, 0.25) is 0 Å². The maximum Gasteiger partial charge on any atom is 0.225 e. The summed E-state index contributed by atoms with van der Waals surface area (Å²) >= 11 is 0. The molecular weight excluding hydrogens is 216 g/mol. The molecule has 0 aromatic rings. The Balaban J connectivity index is 1.70. The summed E-state index contributed by atoms with van der Waals surface area (Å²) < 4.78 is 5.52. The number of nitrogens with zero attached hydrogens (tertiary/aromatic N) is 1. The number of carbonyl (C=O) groups excluding carboxylic acids is 1. The van der Waals surface area contributed by atoms with Crippen molar-refractivity contribution in [2.75, 3.05) is 33.3 Å². The van der Waals surface area contributed by atoms with Crippen LogP contribution in [0.3, 0.4) is 0 Å². The summed E-state index contributed by atoms with van der Waals surface area (Å²) in [6.45, 7) is 3.77. The van der Waals surface area contributed by atoms with Crippen molar-refractivity contribution in [2.24, 2.45) is 5.92 Å². The number of piperidine rings is 1. The van der Waals surface area contributed by atoms with Crippen molar-refractivity contribution in [1.82, 2.24) is 10.2 Å². The number of likely N-dealkylation sites (tertiary alicyclic amines) is 1. The maximum absolute atomic E-state index is 12.0. The fourth-order valence-corrected chi connectivity index (χ4v) is 2.80. The lowest BCUT2D eigenvalue weighted by molar-refractivity contribution is -0.134. The Bertz CT molecular complexity index is 244. The number of hydrogen-bond donors (Lipinski definition) is 1. The van der Waals surface area contributed by atoms with Gasteiger partial charge >= 0.3 is 0 Å². The first-order valence-corrected chi connectivity index (χ1v) is 6.83. The van der Waals surface area contributed by atoms with Crippen molar-refractivity contribution < 1.29 is 9.53 Å². The second-order valence-corrected chi connectivity index (χ2v) is 5.22. The van der Waals surface area contributed by atoms with Crippen LogP contribution in [0.5, 0.6) is 0 Å². The third-order valence-electron chi connectivity index (χ3n) is 3.89. The Morgan fingerprint density at radius 2 is 2.12 bits per heavy atom. The highest BCUT2D eigenvalue weighted by molar-refractivity contribution is 5.76. The van der Waals surface area contributed by atoms with E-state index in [0.29, 0.717) is 12.3 Å². The smallest absolute Gasteiger partial charge is 0.225 e. The van der Waals surface area contributed by atoms with Gasteiger partial charge in [-0.25, -0.2) is 0 Å². The predicted octanol–water partition coefficient (Wildman–Crippen LogP) is 1.01. The largest absolute Gasteiger partial charge is 0.378 e. The normalized spacial score (nSPS) is 26.4. The van der Waals surface area contributed by atoms with Gasteiger partial charge in [0, 0.05) is 19.7 Å². The van der Waals surface area contributed by atoms with Crippen LogP contribution < -0.4 is 5.32 Å². The van der Waals surface area contributed by atoms with E-state index in [0.717, 1.165) is 57.8 Å². The molecular formula is C13H24N2O2. The summed E-state index contributed by atoms with van der Waals surface area (Å²) in [7, 11) is 1.99. The van der Waals surface area contributed by atoms with Crippen molar-refractivity contribution in [2.45, 2.75) is 38.2 Å². The molecule has 2 rings (SSSR count). The zero-order valence-corrected chi connectivity index (χ0v) is 10.8. The van der Waals surface area contributed by atoms with Crippen molar-refractivity contribution in [3.05, 3.63) is 0 Å². The van der Waals surface area contributed by atoms with E-state index >= 15 is 0 Å². The van der Waals surface area contributed by atoms with Gasteiger partial charge in [0.05, 0.1) is 12.5 Å². The van der Waals surface area contributed by atoms with Crippen LogP contribution in [0, 0.1) is 5.92 Å². The molecule has 2 heterocycles. The van der Waals surface area contributed by atoms with Gasteiger partial charge in [-0.05, 0) is 45.2 Å². The summed E-state index contributed by atoms with van der Waals surface area (Å²) in [5.41, 5.74) is 0. The number of nitrogens with one attached hydrogen (secondary N) is 1. The first kappa shape index (κ1) is 12.8. The molecule has 17 heavy (non-hydrogen) atoms. The molecule has 98 valence electrons. The highest BCUT2D eigenvalue weighted by Crippen LogP contribution is 2.20. The van der Waals surface area contributed by atoms with E-state index in [1.165, 1.54) is 0 Å². The third-order valence-corrected chi connectivity index (χ3v) is 3.89. The molecule has 2 fully saturated rings. The van der Waals surface area contributed by atoms with E-state index in [9.17, 15) is 4.79 Å². The first-order valence-electron chi connectivity index (χ1n) is 6.83. The molecule has 1 atom stereocenters. The van der Waals surface area contributed by atoms with Crippen LogP contribution in [0.25, 0.3) is 0 Å². The fraction of sp³-hybridized carbons (Fsp3) is 0.923. The minimum Gasteiger partial charge on any atom is -0.378 e. The molecule has 2 saturated heterocycles. The first-order chi connectivity index (χ1) is 8.29. The van der Waals surface area contributed by atoms with Gasteiger partial charge in [0.1, 0.15) is 0 Å². The van der Waals surface area contributed by atoms with Crippen molar-refractivity contribution >= 4 is 5.91 Å². The topological polar surface area (TPSA) is 41.6 Å². The Hall–Kier alpha value is -0.610. The second-order valence-electron chi connectivity index (χ2n) is 5.22. The lowest BCUT2D eigenvalue weighted by Gasteiger charge is -2.32. The van der Waals surface area contributed by atoms with Crippen LogP contribution in [-0.2, 0) is 9.53 Å². The number of amides is 1. The number of rotatable bonds is 4. The molecule has 1 unspecified atom stereocenters. The Morgan fingerprint density at radius 1 is 1.35 bits per heavy atom. The van der Waals surface area contributed by atoms with Crippen LogP contribution >= 0.6 is 0 Å². The lowest BCUT2D eigenvalue weighted by atomic mass is 9.96. The minimum atomic E-state index is 0.192. The van der Waals surface area contributed by atoms with Crippen LogP contribution in [0.15, 0.2) is 0 Å². The molecule has 0 saturated carbocycles. The summed E-state index contributed by atoms with van der Waals surface area (Å²) in [5, 5.41) is 3.22. The maximum atomic E-state index is 12.0.